The molecule has 3 N–H and O–H groups in total. The van der Waals surface area contributed by atoms with Gasteiger partial charge in [0, 0.05) is 46.8 Å². The minimum atomic E-state index is -0.657. The van der Waals surface area contributed by atoms with Gasteiger partial charge >= 0.3 is 0 Å². The van der Waals surface area contributed by atoms with Gasteiger partial charge < -0.3 is 15.3 Å². The van der Waals surface area contributed by atoms with Crippen molar-refractivity contribution in [1.29, 1.82) is 0 Å². The van der Waals surface area contributed by atoms with Crippen LogP contribution in [0.1, 0.15) is 170 Å². The Morgan fingerprint density at radius 1 is 0.493 bits per heavy atom. The maximum Gasteiger partial charge on any atom is 0.155 e. The first-order chi connectivity index (χ1) is 32.7. The second-order valence-corrected chi connectivity index (χ2v) is 30.2. The predicted molar refractivity (Wildman–Crippen MR) is 260 cm³/mol. The van der Waals surface area contributed by atoms with Crippen molar-refractivity contribution in [2.24, 2.45) is 145 Å². The van der Waals surface area contributed by atoms with E-state index in [9.17, 15) is 34.5 Å². The molecule has 7 nitrogen and oxygen atoms in total. The number of ketones is 4. The Morgan fingerprint density at radius 2 is 1.03 bits per heavy atom. The molecule has 0 aliphatic heterocycles. The van der Waals surface area contributed by atoms with Crippen molar-refractivity contribution in [3.63, 3.8) is 0 Å². The van der Waals surface area contributed by atoms with Crippen LogP contribution in [0.2, 0.25) is 0 Å². The lowest BCUT2D eigenvalue weighted by molar-refractivity contribution is -0.225. The molecule has 17 aliphatic rings. The normalized spacial score (nSPS) is 63.4. The average molecular weight is 941 g/mol. The minimum Gasteiger partial charge on any atom is -0.393 e. The summed E-state index contributed by atoms with van der Waals surface area (Å²) in [7, 11) is 0. The third kappa shape index (κ3) is 5.44. The van der Waals surface area contributed by atoms with E-state index in [1.54, 1.807) is 0 Å². The molecule has 0 aromatic rings. The van der Waals surface area contributed by atoms with Crippen LogP contribution in [0.4, 0.5) is 0 Å². The van der Waals surface area contributed by atoms with Crippen molar-refractivity contribution < 1.29 is 34.5 Å². The molecule has 7 heteroatoms. The summed E-state index contributed by atoms with van der Waals surface area (Å²) in [5.74, 6) is 14.1. The number of allylic oxidation sites excluding steroid dienone is 2. The van der Waals surface area contributed by atoms with Crippen LogP contribution in [0.15, 0.2) is 23.3 Å². The lowest BCUT2D eigenvalue weighted by Gasteiger charge is -2.63. The van der Waals surface area contributed by atoms with Gasteiger partial charge in [-0.3, -0.25) is 19.2 Å². The van der Waals surface area contributed by atoms with Crippen LogP contribution in [-0.2, 0) is 19.2 Å². The second kappa shape index (κ2) is 13.7. The van der Waals surface area contributed by atoms with Gasteiger partial charge in [-0.2, -0.15) is 0 Å². The number of aliphatic hydroxyl groups is 3. The standard InChI is InChI=1S/C21H30O3.C21H26O2.C20H28O2/c1-19-5-4-14-16(17(19)11-7-12(11)18(19)23)13-8-15(13)21(24)9-10(22)3-6-20(14,21)2;1-20-5-3-10(22)7-16(20)11-8-12(11)17-15(20)4-6-21(2)18(17)13-9-14(13)19(21)23;1-19-7-5-12(21)9-11(19)3-4-13-16(19)6-8-20(2)17(13)14-10-15(14)18(20)22/h10-17,22,24H,3-9H2,1-2H3;7,11-15,17-18H,3-6,8-9H2,1-2H3;3,12-17,21H,4-10H2,1-2H3/t10?,11?,12?,13?,14?,15?,16?,17?,19-,20+,21?;11?,12?,13?,14?,15?,17?,18?,20-,21+;12?,13?,14?,15?,16?,17?,19-,20-/m010/s1. The van der Waals surface area contributed by atoms with Gasteiger partial charge in [-0.15, -0.1) is 0 Å². The van der Waals surface area contributed by atoms with Crippen LogP contribution < -0.4 is 0 Å². The first kappa shape index (κ1) is 44.5. The van der Waals surface area contributed by atoms with Crippen LogP contribution >= 0.6 is 0 Å². The van der Waals surface area contributed by atoms with Gasteiger partial charge in [0.2, 0.25) is 0 Å². The number of fused-ring (bicyclic) bond motifs is 27. The molecule has 28 atom stereocenters. The van der Waals surface area contributed by atoms with Crippen LogP contribution in [0, 0.1) is 145 Å². The van der Waals surface area contributed by atoms with E-state index in [2.05, 4.69) is 47.6 Å². The van der Waals surface area contributed by atoms with E-state index in [0.717, 1.165) is 125 Å². The Labute approximate surface area is 412 Å². The molecule has 17 rings (SSSR count). The zero-order valence-electron chi connectivity index (χ0n) is 42.9. The monoisotopic (exact) mass is 941 g/mol. The molecular formula is C62H84O7. The number of carbonyl (C=O) groups excluding carboxylic acids is 4. The fourth-order valence-electron chi connectivity index (χ4n) is 24.2. The highest BCUT2D eigenvalue weighted by Gasteiger charge is 2.79. The van der Waals surface area contributed by atoms with Crippen molar-refractivity contribution in [3.8, 4) is 0 Å². The lowest BCUT2D eigenvalue weighted by atomic mass is 9.43. The fraction of sp³-hybridized carbons (Fsp3) is 0.871. The van der Waals surface area contributed by atoms with Crippen molar-refractivity contribution in [2.45, 2.75) is 188 Å². The van der Waals surface area contributed by atoms with E-state index in [1.165, 1.54) is 49.7 Å². The van der Waals surface area contributed by atoms with E-state index < -0.39 is 5.60 Å². The highest BCUT2D eigenvalue weighted by atomic mass is 16.3. The van der Waals surface area contributed by atoms with Crippen molar-refractivity contribution in [1.82, 2.24) is 0 Å². The number of carbonyl (C=O) groups is 4. The van der Waals surface area contributed by atoms with Crippen molar-refractivity contribution >= 4 is 23.1 Å². The molecule has 0 heterocycles. The SMILES string of the molecule is C[C@]12CCC(=O)C=C1C1CC1C1C2CC[C@]2(C)C(=O)C3CC3C12.C[C@]12CCC(O)CC1=CCC1C2CC[C@]2(C)C(=O)C3CC3C12.C[C@]12CCC3C(C4CC4C4(O)CC(O)CC[C@]34C)C1C1CC1C2=O. The van der Waals surface area contributed by atoms with Crippen LogP contribution in [0.25, 0.3) is 0 Å². The molecule has 374 valence electrons. The molecule has 0 bridgehead atoms. The molecule has 69 heavy (non-hydrogen) atoms. The summed E-state index contributed by atoms with van der Waals surface area (Å²) in [6.07, 6.45) is 25.2. The predicted octanol–water partition coefficient (Wildman–Crippen LogP) is 10.3. The molecule has 0 aromatic heterocycles. The zero-order valence-corrected chi connectivity index (χ0v) is 42.9. The van der Waals surface area contributed by atoms with E-state index in [1.807, 2.05) is 6.08 Å². The van der Waals surface area contributed by atoms with E-state index in [-0.39, 0.29) is 39.3 Å². The highest BCUT2D eigenvalue weighted by Crippen LogP contribution is 2.80. The first-order valence-electron chi connectivity index (χ1n) is 29.4. The summed E-state index contributed by atoms with van der Waals surface area (Å²) in [5, 5.41) is 32.0. The van der Waals surface area contributed by atoms with E-state index in [4.69, 9.17) is 0 Å². The number of aliphatic hydroxyl groups excluding tert-OH is 2. The first-order valence-corrected chi connectivity index (χ1v) is 29.4. The molecule has 0 aromatic carbocycles. The minimum absolute atomic E-state index is 0.00392. The van der Waals surface area contributed by atoms with Gasteiger partial charge in [-0.25, -0.2) is 0 Å². The highest BCUT2D eigenvalue weighted by molar-refractivity contribution is 5.94. The van der Waals surface area contributed by atoms with Gasteiger partial charge in [0.05, 0.1) is 17.8 Å². The largest absolute Gasteiger partial charge is 0.393 e. The Morgan fingerprint density at radius 3 is 1.68 bits per heavy atom. The lowest BCUT2D eigenvalue weighted by Crippen LogP contribution is -2.64. The Bertz CT molecular complexity index is 2440. The smallest absolute Gasteiger partial charge is 0.155 e. The maximum atomic E-state index is 12.9. The molecule has 0 amide bonds. The third-order valence-electron chi connectivity index (χ3n) is 27.8. The average Bonchev–Trinajstić information content (AvgIpc) is 4.10. The number of Topliss-reactive ketones (excluding diaryl/α,β-unsaturated/α-hetero) is 3. The van der Waals surface area contributed by atoms with Gasteiger partial charge in [-0.05, 0) is 233 Å². The molecule has 22 unspecified atom stereocenters. The maximum absolute atomic E-state index is 12.9. The number of rotatable bonds is 0. The molecule has 0 spiro atoms. The van der Waals surface area contributed by atoms with Crippen LogP contribution in [0.5, 0.6) is 0 Å². The Kier molecular flexibility index (Phi) is 8.81. The Hall–Kier alpha value is -1.96. The topological polar surface area (TPSA) is 129 Å². The number of hydrogen-bond donors (Lipinski definition) is 3. The van der Waals surface area contributed by atoms with Crippen LogP contribution in [-0.4, -0.2) is 56.3 Å². The van der Waals surface area contributed by atoms with Gasteiger partial charge in [-0.1, -0.05) is 58.8 Å². The molecule has 15 saturated carbocycles. The van der Waals surface area contributed by atoms with Gasteiger partial charge in [0.1, 0.15) is 17.3 Å². The summed E-state index contributed by atoms with van der Waals surface area (Å²) in [5.41, 5.74) is 2.86. The van der Waals surface area contributed by atoms with Crippen molar-refractivity contribution in [2.75, 3.05) is 0 Å². The van der Waals surface area contributed by atoms with Gasteiger partial charge in [0.25, 0.3) is 0 Å². The van der Waals surface area contributed by atoms with E-state index in [0.29, 0.717) is 106 Å². The molecule has 0 radical (unpaired) electrons. The Balaban J connectivity index is 0.0000000937. The molecular weight excluding hydrogens is 857 g/mol. The molecule has 17 aliphatic carbocycles. The fourth-order valence-corrected chi connectivity index (χ4v) is 24.2. The quantitative estimate of drug-likeness (QED) is 0.206. The molecule has 15 fully saturated rings. The summed E-state index contributed by atoms with van der Waals surface area (Å²) in [6, 6.07) is 0. The summed E-state index contributed by atoms with van der Waals surface area (Å²) in [6.45, 7) is 14.1. The second-order valence-electron chi connectivity index (χ2n) is 30.2. The van der Waals surface area contributed by atoms with Crippen molar-refractivity contribution in [3.05, 3.63) is 23.3 Å². The summed E-state index contributed by atoms with van der Waals surface area (Å²) in [4.78, 5) is 50.5. The van der Waals surface area contributed by atoms with Crippen LogP contribution in [0.3, 0.4) is 0 Å². The van der Waals surface area contributed by atoms with Gasteiger partial charge in [0.15, 0.2) is 5.78 Å². The summed E-state index contributed by atoms with van der Waals surface area (Å²) >= 11 is 0. The molecule has 0 saturated heterocycles. The zero-order chi connectivity index (χ0) is 47.6. The third-order valence-corrected chi connectivity index (χ3v) is 27.8. The number of hydrogen-bond acceptors (Lipinski definition) is 7. The van der Waals surface area contributed by atoms with E-state index >= 15 is 0 Å². The summed E-state index contributed by atoms with van der Waals surface area (Å²) < 4.78 is 0.